The van der Waals surface area contributed by atoms with E-state index in [1.165, 1.54) is 4.63 Å². The highest BCUT2D eigenvalue weighted by atomic mass is 16.5. The Hall–Kier alpha value is -4.13. The molecule has 5 rings (SSSR count). The van der Waals surface area contributed by atoms with Gasteiger partial charge in [0.05, 0.1) is 11.4 Å². The average molecular weight is 366 g/mol. The predicted octanol–water partition coefficient (Wildman–Crippen LogP) is 2.92. The minimum absolute atomic E-state index is 0.441. The van der Waals surface area contributed by atoms with Crippen LogP contribution in [0.4, 0.5) is 0 Å². The molecule has 3 aromatic heterocycles. The van der Waals surface area contributed by atoms with E-state index in [-0.39, 0.29) is 0 Å². The maximum Gasteiger partial charge on any atom is 0.250 e. The van der Waals surface area contributed by atoms with Crippen LogP contribution in [0, 0.1) is 0 Å². The van der Waals surface area contributed by atoms with E-state index < -0.39 is 0 Å². The Balaban J connectivity index is 1.68. The van der Waals surface area contributed by atoms with Crippen molar-refractivity contribution in [1.82, 2.24) is 29.8 Å². The molecule has 0 amide bonds. The lowest BCUT2D eigenvalue weighted by molar-refractivity contribution is 0.453. The lowest BCUT2D eigenvalue weighted by atomic mass is 10.2. The van der Waals surface area contributed by atoms with Gasteiger partial charge in [0, 0.05) is 12.4 Å². The van der Waals surface area contributed by atoms with Crippen molar-refractivity contribution in [3.63, 3.8) is 0 Å². The average Bonchev–Trinajstić information content (AvgIpc) is 3.30. The second-order valence-corrected chi connectivity index (χ2v) is 6.03. The first-order valence-electron chi connectivity index (χ1n) is 8.70. The van der Waals surface area contributed by atoms with E-state index in [9.17, 15) is 0 Å². The summed E-state index contributed by atoms with van der Waals surface area (Å²) in [5, 5.41) is 9.68. The van der Waals surface area contributed by atoms with Gasteiger partial charge in [-0.25, -0.2) is 9.97 Å². The Bertz CT molecular complexity index is 1270. The van der Waals surface area contributed by atoms with Crippen molar-refractivity contribution in [2.24, 2.45) is 0 Å². The molecular formula is C21H14N6O. The molecule has 0 aliphatic rings. The van der Waals surface area contributed by atoms with Crippen LogP contribution in [0.3, 0.4) is 0 Å². The van der Waals surface area contributed by atoms with Gasteiger partial charge in [-0.3, -0.25) is 4.98 Å². The molecule has 0 aliphatic heterocycles. The highest BCUT2D eigenvalue weighted by Gasteiger charge is 2.16. The van der Waals surface area contributed by atoms with Gasteiger partial charge in [-0.2, -0.15) is 0 Å². The molecule has 28 heavy (non-hydrogen) atoms. The highest BCUT2D eigenvalue weighted by Crippen LogP contribution is 2.18. The van der Waals surface area contributed by atoms with Crippen LogP contribution in [-0.4, -0.2) is 29.8 Å². The molecule has 0 fully saturated rings. The van der Waals surface area contributed by atoms with Gasteiger partial charge in [0.25, 0.3) is 0 Å². The summed E-state index contributed by atoms with van der Waals surface area (Å²) >= 11 is 0. The molecule has 0 spiro atoms. The van der Waals surface area contributed by atoms with Crippen molar-refractivity contribution >= 4 is 11.7 Å². The summed E-state index contributed by atoms with van der Waals surface area (Å²) in [6.45, 7) is 0. The first-order chi connectivity index (χ1) is 13.9. The third-order valence-corrected chi connectivity index (χ3v) is 4.11. The fourth-order valence-corrected chi connectivity index (χ4v) is 2.82. The number of aromatic nitrogens is 6. The predicted molar refractivity (Wildman–Crippen MR) is 104 cm³/mol. The van der Waals surface area contributed by atoms with Gasteiger partial charge < -0.3 is 4.74 Å². The maximum absolute atomic E-state index is 6.00. The summed E-state index contributed by atoms with van der Waals surface area (Å²) in [5.74, 6) is 1.60. The molecule has 0 unspecified atom stereocenters. The Kier molecular flexibility index (Phi) is 3.95. The van der Waals surface area contributed by atoms with Crippen LogP contribution in [0.25, 0.3) is 23.2 Å². The van der Waals surface area contributed by atoms with Crippen LogP contribution in [0.15, 0.2) is 79.3 Å². The van der Waals surface area contributed by atoms with Crippen LogP contribution in [0.1, 0.15) is 5.56 Å². The Morgan fingerprint density at radius 3 is 2.39 bits per heavy atom. The van der Waals surface area contributed by atoms with Crippen LogP contribution in [-0.2, 0) is 0 Å². The summed E-state index contributed by atoms with van der Waals surface area (Å²) in [6, 6.07) is 19.5. The SMILES string of the molecule is C(/c1ccccc1)=c1\c(Oc2ccccc2)nn2nc(-c3cnccn3)nc12. The summed E-state index contributed by atoms with van der Waals surface area (Å²) in [7, 11) is 0. The zero-order valence-electron chi connectivity index (χ0n) is 14.7. The monoisotopic (exact) mass is 366 g/mol. The Labute approximate surface area is 160 Å². The lowest BCUT2D eigenvalue weighted by Gasteiger charge is -2.01. The van der Waals surface area contributed by atoms with E-state index in [0.29, 0.717) is 28.8 Å². The number of nitrogens with zero attached hydrogens (tertiary/aromatic N) is 6. The van der Waals surface area contributed by atoms with Gasteiger partial charge in [0.15, 0.2) is 5.65 Å². The maximum atomic E-state index is 6.00. The first-order valence-corrected chi connectivity index (χ1v) is 8.70. The molecule has 3 heterocycles. The van der Waals surface area contributed by atoms with E-state index in [4.69, 9.17) is 4.74 Å². The molecule has 7 nitrogen and oxygen atoms in total. The molecule has 0 atom stereocenters. The van der Waals surface area contributed by atoms with Crippen LogP contribution in [0.5, 0.6) is 11.6 Å². The van der Waals surface area contributed by atoms with E-state index >= 15 is 0 Å². The Morgan fingerprint density at radius 1 is 0.857 bits per heavy atom. The van der Waals surface area contributed by atoms with Gasteiger partial charge in [-0.15, -0.1) is 14.8 Å². The number of rotatable bonds is 4. The zero-order valence-corrected chi connectivity index (χ0v) is 14.7. The molecule has 0 aliphatic carbocycles. The van der Waals surface area contributed by atoms with E-state index in [0.717, 1.165) is 10.8 Å². The fraction of sp³-hybridized carbons (Fsp3) is 0. The largest absolute Gasteiger partial charge is 0.437 e. The Morgan fingerprint density at radius 2 is 1.64 bits per heavy atom. The van der Waals surface area contributed by atoms with Gasteiger partial charge >= 0.3 is 0 Å². The second kappa shape index (κ2) is 6.88. The smallest absolute Gasteiger partial charge is 0.250 e. The van der Waals surface area contributed by atoms with Crippen LogP contribution >= 0.6 is 0 Å². The number of hydrogen-bond donors (Lipinski definition) is 0. The number of hydrogen-bond acceptors (Lipinski definition) is 6. The molecule has 2 aromatic carbocycles. The summed E-state index contributed by atoms with van der Waals surface area (Å²) in [5.41, 5.74) is 2.19. The van der Waals surface area contributed by atoms with Crippen LogP contribution < -0.4 is 9.96 Å². The van der Waals surface area contributed by atoms with Crippen molar-refractivity contribution in [3.05, 3.63) is 90.0 Å². The quantitative estimate of drug-likeness (QED) is 0.487. The van der Waals surface area contributed by atoms with E-state index in [1.807, 2.05) is 66.7 Å². The van der Waals surface area contributed by atoms with Gasteiger partial charge in [0.1, 0.15) is 11.4 Å². The molecule has 5 aromatic rings. The summed E-state index contributed by atoms with van der Waals surface area (Å²) in [4.78, 5) is 12.9. The molecule has 7 heteroatoms. The topological polar surface area (TPSA) is 78.1 Å². The summed E-state index contributed by atoms with van der Waals surface area (Å²) < 4.78 is 7.47. The lowest BCUT2D eigenvalue weighted by Crippen LogP contribution is -2.04. The highest BCUT2D eigenvalue weighted by molar-refractivity contribution is 5.62. The number of fused-ring (bicyclic) bond motifs is 1. The molecule has 0 bridgehead atoms. The number of ether oxygens (including phenoxy) is 1. The van der Waals surface area contributed by atoms with E-state index in [1.54, 1.807) is 18.6 Å². The van der Waals surface area contributed by atoms with Crippen molar-refractivity contribution in [2.75, 3.05) is 0 Å². The normalized spacial score (nSPS) is 11.8. The standard InChI is InChI=1S/C21H14N6O/c1-3-7-15(8-4-1)13-17-20-24-19(18-14-22-11-12-23-18)25-27(20)26-21(17)28-16-9-5-2-6-10-16/h1-14H/b17-13+. The van der Waals surface area contributed by atoms with Crippen molar-refractivity contribution < 1.29 is 4.74 Å². The molecule has 0 N–H and O–H groups in total. The number of benzene rings is 2. The molecule has 134 valence electrons. The second-order valence-electron chi connectivity index (χ2n) is 6.03. The van der Waals surface area contributed by atoms with Gasteiger partial charge in [0.2, 0.25) is 11.7 Å². The third kappa shape index (κ3) is 3.05. The van der Waals surface area contributed by atoms with Crippen molar-refractivity contribution in [2.45, 2.75) is 0 Å². The van der Waals surface area contributed by atoms with E-state index in [2.05, 4.69) is 25.1 Å². The minimum Gasteiger partial charge on any atom is -0.437 e. The molecule has 0 saturated heterocycles. The third-order valence-electron chi connectivity index (χ3n) is 4.11. The van der Waals surface area contributed by atoms with Crippen molar-refractivity contribution in [1.29, 1.82) is 0 Å². The number of para-hydroxylation sites is 1. The zero-order chi connectivity index (χ0) is 18.8. The molecule has 0 saturated carbocycles. The van der Waals surface area contributed by atoms with Crippen molar-refractivity contribution in [3.8, 4) is 23.1 Å². The minimum atomic E-state index is 0.441. The molecule has 0 radical (unpaired) electrons. The van der Waals surface area contributed by atoms with Crippen LogP contribution in [0.2, 0.25) is 0 Å². The van der Waals surface area contributed by atoms with Gasteiger partial charge in [-0.1, -0.05) is 48.5 Å². The van der Waals surface area contributed by atoms with Gasteiger partial charge in [-0.05, 0) is 23.8 Å². The first kappa shape index (κ1) is 16.1. The molecular weight excluding hydrogens is 352 g/mol. The fourth-order valence-electron chi connectivity index (χ4n) is 2.82. The summed E-state index contributed by atoms with van der Waals surface area (Å²) in [6.07, 6.45) is 6.82.